The predicted octanol–water partition coefficient (Wildman–Crippen LogP) is -32.2. The first-order chi connectivity index (χ1) is 33.7. The lowest BCUT2D eigenvalue weighted by Crippen LogP contribution is -2.51. The van der Waals surface area contributed by atoms with Gasteiger partial charge in [-0.3, -0.25) is 0 Å². The zero-order chi connectivity index (χ0) is 52.6. The van der Waals surface area contributed by atoms with Crippen LogP contribution in [0.25, 0.3) is 108 Å². The topological polar surface area (TPSA) is 0 Å². The molecule has 0 bridgehead atoms. The van der Waals surface area contributed by atoms with Gasteiger partial charge in [-0.05, 0) is 108 Å². The zero-order valence-corrected chi connectivity index (χ0v) is 49.0. The summed E-state index contributed by atoms with van der Waals surface area (Å²) in [4.78, 5) is 0. The fourth-order valence-electron chi connectivity index (χ4n) is 15.9. The van der Waals surface area contributed by atoms with Crippen LogP contribution in [0.15, 0.2) is 0 Å². The number of benzene rings is 11. The van der Waals surface area contributed by atoms with Crippen LogP contribution < -0.4 is 142 Å². The van der Waals surface area contributed by atoms with E-state index in [2.05, 4.69) is 204 Å². The first-order valence-electron chi connectivity index (χ1n) is 27.0. The Morgan fingerprint density at radius 2 is 0.250 bits per heavy atom. The lowest BCUT2D eigenvalue weighted by atomic mass is 9.55. The highest BCUT2D eigenvalue weighted by Gasteiger charge is 2.32. The summed E-state index contributed by atoms with van der Waals surface area (Å²) in [6.45, 7) is 0. The third-order valence-electron chi connectivity index (χ3n) is 21.4. The van der Waals surface area contributed by atoms with E-state index in [1.54, 1.807) is 0 Å². The van der Waals surface area contributed by atoms with Gasteiger partial charge in [-0.15, -0.1) is 21.9 Å². The molecule has 11 aromatic carbocycles. The van der Waals surface area contributed by atoms with E-state index in [9.17, 15) is 0 Å². The van der Waals surface area contributed by atoms with Gasteiger partial charge in [0.25, 0.3) is 0 Å². The van der Waals surface area contributed by atoms with Crippen molar-refractivity contribution in [3.8, 4) is 22.3 Å². The summed E-state index contributed by atoms with van der Waals surface area (Å²) in [6, 6.07) is 0. The molecule has 72 heavy (non-hydrogen) atoms. The van der Waals surface area contributed by atoms with Crippen LogP contribution in [0.1, 0.15) is 0 Å². The van der Waals surface area contributed by atoms with Crippen molar-refractivity contribution in [1.82, 2.24) is 0 Å². The Balaban J connectivity index is 1.51. The molecule has 314 valence electrons. The molecule has 0 nitrogen and oxygen atoms in total. The van der Waals surface area contributed by atoms with Crippen molar-refractivity contribution in [3.63, 3.8) is 0 Å². The molecule has 0 atom stereocenters. The summed E-state index contributed by atoms with van der Waals surface area (Å²) in [5.74, 6) is 0. The van der Waals surface area contributed by atoms with Gasteiger partial charge in [0, 0.05) is 0 Å². The minimum absolute atomic E-state index is 1.40. The van der Waals surface area contributed by atoms with Crippen molar-refractivity contribution in [2.75, 3.05) is 0 Å². The quantitative estimate of drug-likeness (QED) is 0.120. The average molecular weight is 886 g/mol. The zero-order valence-electron chi connectivity index (χ0n) is 49.0. The molecule has 26 heteroatoms. The first-order valence-corrected chi connectivity index (χ1v) is 27.0. The van der Waals surface area contributed by atoms with Crippen molar-refractivity contribution in [2.45, 2.75) is 0 Å². The predicted molar refractivity (Wildman–Crippen MR) is 412 cm³/mol. The molecule has 0 fully saturated rings. The highest BCUT2D eigenvalue weighted by atomic mass is 14.3. The Morgan fingerprint density at radius 1 is 0.0833 bits per heavy atom. The number of hydrogen-bond donors (Lipinski definition) is 0. The molecule has 0 aliphatic carbocycles. The van der Waals surface area contributed by atoms with Gasteiger partial charge in [-0.1, -0.05) is 120 Å². The standard InChI is InChI=1S/C46H52B26/c47-21-6(10-7-1-3-15(31(57)23(7)49)38(64)43(69)40(66)17(3)35(61)33(59)13(1)29(55)25(10)51)5-9-20(42(68)46(72)45(71)27(9)53)37(63)28(54)12(5)22(48)19(21)11-8-2-4-16(32(58)24(8)50)39(65)44(70)41(67)18(4)36(62)34(60)14(2)30(56)26(11)52/h47-72H2. The maximum Gasteiger partial charge on any atom is 0.140 e. The van der Waals surface area contributed by atoms with E-state index >= 15 is 0 Å². The molecule has 0 unspecified atom stereocenters. The second-order valence-electron chi connectivity index (χ2n) is 23.8. The van der Waals surface area contributed by atoms with E-state index in [0.717, 1.165) is 0 Å². The maximum atomic E-state index is 2.53. The van der Waals surface area contributed by atoms with Gasteiger partial charge < -0.3 is 0 Å². The smallest absolute Gasteiger partial charge is 0.101 e. The van der Waals surface area contributed by atoms with Gasteiger partial charge in [-0.25, -0.2) is 0 Å². The summed E-state index contributed by atoms with van der Waals surface area (Å²) >= 11 is 0. The molecule has 0 aromatic heterocycles. The Labute approximate surface area is 451 Å². The molecule has 0 aliphatic heterocycles. The van der Waals surface area contributed by atoms with Gasteiger partial charge >= 0.3 is 0 Å². The second-order valence-corrected chi connectivity index (χ2v) is 23.8. The fourth-order valence-corrected chi connectivity index (χ4v) is 15.9. The summed E-state index contributed by atoms with van der Waals surface area (Å²) in [5.41, 5.74) is 42.6. The lowest BCUT2D eigenvalue weighted by molar-refractivity contribution is 1.85. The monoisotopic (exact) mass is 891 g/mol. The summed E-state index contributed by atoms with van der Waals surface area (Å²) < 4.78 is 0. The van der Waals surface area contributed by atoms with Crippen molar-refractivity contribution < 1.29 is 0 Å². The number of hydrogen-bond acceptors (Lipinski definition) is 0. The highest BCUT2D eigenvalue weighted by molar-refractivity contribution is 6.79. The largest absolute Gasteiger partial charge is 0.140 e. The summed E-state index contributed by atoms with van der Waals surface area (Å²) in [6.07, 6.45) is 0. The lowest BCUT2D eigenvalue weighted by Gasteiger charge is -2.33. The molecule has 0 saturated carbocycles. The molecular weight excluding hydrogens is 834 g/mol. The van der Waals surface area contributed by atoms with E-state index in [1.165, 1.54) is 250 Å². The van der Waals surface area contributed by atoms with Crippen LogP contribution in [0, 0.1) is 0 Å². The Hall–Kier alpha value is -4.29. The Bertz CT molecular complexity index is 4450. The van der Waals surface area contributed by atoms with Gasteiger partial charge in [0.05, 0.1) is 0 Å². The van der Waals surface area contributed by atoms with E-state index in [4.69, 9.17) is 0 Å². The summed E-state index contributed by atoms with van der Waals surface area (Å²) in [7, 11) is 62.9. The van der Waals surface area contributed by atoms with Gasteiger partial charge in [0.2, 0.25) is 0 Å². The minimum atomic E-state index is 1.40. The van der Waals surface area contributed by atoms with E-state index in [-0.39, 0.29) is 0 Å². The van der Waals surface area contributed by atoms with Crippen molar-refractivity contribution in [2.24, 2.45) is 0 Å². The Kier molecular flexibility index (Phi) is 11.2. The third kappa shape index (κ3) is 5.70. The van der Waals surface area contributed by atoms with Crippen LogP contribution in [-0.2, 0) is 0 Å². The molecule has 0 N–H and O–H groups in total. The van der Waals surface area contributed by atoms with Crippen molar-refractivity contribution in [1.29, 1.82) is 0 Å². The average Bonchev–Trinajstić information content (AvgIpc) is 3.33. The molecule has 0 heterocycles. The molecule has 0 radical (unpaired) electrons. The van der Waals surface area contributed by atoms with Gasteiger partial charge in [-0.2, -0.15) is 0 Å². The van der Waals surface area contributed by atoms with Crippen LogP contribution in [0.4, 0.5) is 0 Å². The van der Waals surface area contributed by atoms with Gasteiger partial charge in [0.15, 0.2) is 0 Å². The first kappa shape index (κ1) is 49.9. The molecule has 0 amide bonds. The van der Waals surface area contributed by atoms with Crippen LogP contribution >= 0.6 is 0 Å². The van der Waals surface area contributed by atoms with Crippen LogP contribution in [0.3, 0.4) is 0 Å². The highest BCUT2D eigenvalue weighted by Crippen LogP contribution is 2.40. The SMILES string of the molecule is Bc1c(B)c(B)c2c(c1B)c(B)c(B)c1c(B)c(-c3c(B)c(B)c4c(B)c(B)c5c(B)c(B)c(B)c6c(B)c(B)c3c4c56)c(B)c(-c3c(B)c(B)c4c(B)c(B)c5c(B)c(B)c(B)c6c(B)c(B)c3c4c56)c12. The fraction of sp³-hybridized carbons (Fsp3) is 0. The van der Waals surface area contributed by atoms with E-state index < -0.39 is 0 Å². The normalized spacial score (nSPS) is 12.2. The molecule has 11 aromatic rings. The minimum Gasteiger partial charge on any atom is -0.101 e. The number of rotatable bonds is 2. The van der Waals surface area contributed by atoms with Crippen LogP contribution in [-0.4, -0.2) is 204 Å². The van der Waals surface area contributed by atoms with Gasteiger partial charge in [0.1, 0.15) is 204 Å². The van der Waals surface area contributed by atoms with E-state index in [1.807, 2.05) is 0 Å². The molecule has 0 saturated heterocycles. The summed E-state index contributed by atoms with van der Waals surface area (Å²) in [5, 5.41) is 23.2. The number of fused-ring (bicyclic) bond motifs is 3. The molecular formula is C46H52B26. The van der Waals surface area contributed by atoms with Crippen LogP contribution in [0.5, 0.6) is 0 Å². The molecule has 0 spiro atoms. The van der Waals surface area contributed by atoms with Crippen molar-refractivity contribution in [3.05, 3.63) is 0 Å². The van der Waals surface area contributed by atoms with E-state index in [0.29, 0.717) is 0 Å². The molecule has 0 aliphatic rings. The second kappa shape index (κ2) is 16.1. The molecule has 11 rings (SSSR count). The maximum absolute atomic E-state index is 2.53. The van der Waals surface area contributed by atoms with Crippen molar-refractivity contribution >= 4 is 432 Å². The Morgan fingerprint density at radius 3 is 0.556 bits per heavy atom. The third-order valence-corrected chi connectivity index (χ3v) is 21.4. The van der Waals surface area contributed by atoms with Crippen LogP contribution in [0.2, 0.25) is 0 Å².